The van der Waals surface area contributed by atoms with E-state index in [9.17, 15) is 0 Å². The molecule has 0 spiro atoms. The summed E-state index contributed by atoms with van der Waals surface area (Å²) < 4.78 is 0. The van der Waals surface area contributed by atoms with Gasteiger partial charge in [-0.05, 0) is 12.8 Å². The molecule has 2 heteroatoms. The Hall–Kier alpha value is -0.660. The predicted molar refractivity (Wildman–Crippen MR) is 54.5 cm³/mol. The van der Waals surface area contributed by atoms with Crippen molar-refractivity contribution in [3.8, 4) is 0 Å². The molecule has 12 heavy (non-hydrogen) atoms. The first kappa shape index (κ1) is 11.3. The minimum absolute atomic E-state index is 0.463. The van der Waals surface area contributed by atoms with Crippen LogP contribution in [0.1, 0.15) is 51.9 Å². The quantitative estimate of drug-likeness (QED) is 0.412. The van der Waals surface area contributed by atoms with Crippen molar-refractivity contribution in [1.29, 1.82) is 10.8 Å². The second kappa shape index (κ2) is 8.44. The van der Waals surface area contributed by atoms with Crippen molar-refractivity contribution in [1.82, 2.24) is 0 Å². The molecule has 0 atom stereocenters. The van der Waals surface area contributed by atoms with Gasteiger partial charge in [0.05, 0.1) is 0 Å². The summed E-state index contributed by atoms with van der Waals surface area (Å²) in [6, 6.07) is 0. The summed E-state index contributed by atoms with van der Waals surface area (Å²) in [6.07, 6.45) is 9.47. The maximum absolute atomic E-state index is 7.21. The molecule has 2 N–H and O–H groups in total. The van der Waals surface area contributed by atoms with Crippen molar-refractivity contribution in [2.24, 2.45) is 0 Å². The lowest BCUT2D eigenvalue weighted by Gasteiger charge is -1.98. The molecule has 0 aliphatic rings. The molecule has 0 saturated heterocycles. The molecule has 0 aliphatic carbocycles. The molecule has 0 aliphatic heterocycles. The smallest absolute Gasteiger partial charge is 0.0489 e. The fourth-order valence-electron chi connectivity index (χ4n) is 1.17. The summed E-state index contributed by atoms with van der Waals surface area (Å²) in [5, 5.41) is 14.0. The van der Waals surface area contributed by atoms with E-state index in [0.29, 0.717) is 5.71 Å². The highest BCUT2D eigenvalue weighted by atomic mass is 14.4. The van der Waals surface area contributed by atoms with Crippen LogP contribution in [0, 0.1) is 10.8 Å². The lowest BCUT2D eigenvalue weighted by atomic mass is 10.1. The van der Waals surface area contributed by atoms with Crippen LogP contribution in [0.5, 0.6) is 0 Å². The molecule has 0 aromatic heterocycles. The van der Waals surface area contributed by atoms with Crippen molar-refractivity contribution >= 4 is 11.9 Å². The highest BCUT2D eigenvalue weighted by Crippen LogP contribution is 2.06. The Morgan fingerprint density at radius 2 is 1.67 bits per heavy atom. The van der Waals surface area contributed by atoms with Gasteiger partial charge in [0.2, 0.25) is 0 Å². The van der Waals surface area contributed by atoms with E-state index in [4.69, 9.17) is 10.8 Å². The van der Waals surface area contributed by atoms with Gasteiger partial charge in [-0.3, -0.25) is 0 Å². The Morgan fingerprint density at radius 3 is 2.25 bits per heavy atom. The van der Waals surface area contributed by atoms with Gasteiger partial charge in [0, 0.05) is 11.9 Å². The van der Waals surface area contributed by atoms with Crippen molar-refractivity contribution in [3.63, 3.8) is 0 Å². The Morgan fingerprint density at radius 1 is 1.08 bits per heavy atom. The summed E-state index contributed by atoms with van der Waals surface area (Å²) in [5.74, 6) is 0. The average molecular weight is 168 g/mol. The van der Waals surface area contributed by atoms with Gasteiger partial charge in [-0.15, -0.1) is 0 Å². The number of nitrogens with one attached hydrogen (secondary N) is 2. The molecular weight excluding hydrogens is 148 g/mol. The fourth-order valence-corrected chi connectivity index (χ4v) is 1.17. The van der Waals surface area contributed by atoms with Crippen LogP contribution in [0.25, 0.3) is 0 Å². The van der Waals surface area contributed by atoms with Crippen LogP contribution in [0.3, 0.4) is 0 Å². The van der Waals surface area contributed by atoms with E-state index >= 15 is 0 Å². The second-order valence-electron chi connectivity index (χ2n) is 3.19. The molecule has 0 rings (SSSR count). The van der Waals surface area contributed by atoms with Crippen molar-refractivity contribution in [2.75, 3.05) is 0 Å². The lowest BCUT2D eigenvalue weighted by molar-refractivity contribution is 0.616. The molecule has 70 valence electrons. The Labute approximate surface area is 75.4 Å². The third-order valence-electron chi connectivity index (χ3n) is 1.97. The van der Waals surface area contributed by atoms with Gasteiger partial charge in [0.15, 0.2) is 0 Å². The van der Waals surface area contributed by atoms with Crippen LogP contribution in [0.4, 0.5) is 0 Å². The van der Waals surface area contributed by atoms with E-state index in [0.717, 1.165) is 19.1 Å². The van der Waals surface area contributed by atoms with E-state index in [2.05, 4.69) is 6.92 Å². The summed E-state index contributed by atoms with van der Waals surface area (Å²) >= 11 is 0. The standard InChI is InChI=1S/C10H20N2/c1-2-3-4-5-6-7-8-10(12)9-11/h9,11-12H,2-8H2,1H3. The molecule has 0 aromatic rings. The van der Waals surface area contributed by atoms with Crippen molar-refractivity contribution < 1.29 is 0 Å². The maximum Gasteiger partial charge on any atom is 0.0489 e. The Balaban J connectivity index is 3.00. The first-order valence-corrected chi connectivity index (χ1v) is 4.89. The lowest BCUT2D eigenvalue weighted by Crippen LogP contribution is -1.95. The first-order valence-electron chi connectivity index (χ1n) is 4.89. The average Bonchev–Trinajstić information content (AvgIpc) is 2.10. The Bertz CT molecular complexity index is 130. The van der Waals surface area contributed by atoms with Crippen LogP contribution in [0.2, 0.25) is 0 Å². The minimum Gasteiger partial charge on any atom is -0.307 e. The Kier molecular flexibility index (Phi) is 7.97. The summed E-state index contributed by atoms with van der Waals surface area (Å²) in [5.41, 5.74) is 0.463. The zero-order valence-electron chi connectivity index (χ0n) is 8.03. The van der Waals surface area contributed by atoms with Gasteiger partial charge in [-0.25, -0.2) is 0 Å². The highest BCUT2D eigenvalue weighted by Gasteiger charge is 1.92. The van der Waals surface area contributed by atoms with Gasteiger partial charge in [0.1, 0.15) is 0 Å². The molecule has 0 amide bonds. The molecule has 0 heterocycles. The topological polar surface area (TPSA) is 47.7 Å². The van der Waals surface area contributed by atoms with E-state index < -0.39 is 0 Å². The van der Waals surface area contributed by atoms with E-state index in [1.54, 1.807) is 0 Å². The number of unbranched alkanes of at least 4 members (excludes halogenated alkanes) is 5. The third kappa shape index (κ3) is 7.45. The van der Waals surface area contributed by atoms with Gasteiger partial charge in [-0.1, -0.05) is 39.0 Å². The summed E-state index contributed by atoms with van der Waals surface area (Å²) in [7, 11) is 0. The molecule has 0 unspecified atom stereocenters. The normalized spacial score (nSPS) is 9.75. The van der Waals surface area contributed by atoms with Crippen molar-refractivity contribution in [2.45, 2.75) is 51.9 Å². The first-order chi connectivity index (χ1) is 5.81. The van der Waals surface area contributed by atoms with Crippen LogP contribution in [-0.4, -0.2) is 11.9 Å². The minimum atomic E-state index is 0.463. The molecule has 0 fully saturated rings. The SMILES string of the molecule is CCCCCCCCC(=N)C=N. The molecular formula is C10H20N2. The predicted octanol–water partition coefficient (Wildman–Crippen LogP) is 3.41. The third-order valence-corrected chi connectivity index (χ3v) is 1.97. The molecule has 2 nitrogen and oxygen atoms in total. The fraction of sp³-hybridized carbons (Fsp3) is 0.800. The summed E-state index contributed by atoms with van der Waals surface area (Å²) in [6.45, 7) is 2.21. The molecule has 0 saturated carbocycles. The highest BCUT2D eigenvalue weighted by molar-refractivity contribution is 6.27. The van der Waals surface area contributed by atoms with Crippen LogP contribution < -0.4 is 0 Å². The van der Waals surface area contributed by atoms with Crippen LogP contribution in [-0.2, 0) is 0 Å². The van der Waals surface area contributed by atoms with Crippen molar-refractivity contribution in [3.05, 3.63) is 0 Å². The molecule has 0 bridgehead atoms. The second-order valence-corrected chi connectivity index (χ2v) is 3.19. The summed E-state index contributed by atoms with van der Waals surface area (Å²) in [4.78, 5) is 0. The number of rotatable bonds is 8. The van der Waals surface area contributed by atoms with Gasteiger partial charge in [0.25, 0.3) is 0 Å². The largest absolute Gasteiger partial charge is 0.307 e. The number of hydrogen-bond acceptors (Lipinski definition) is 2. The van der Waals surface area contributed by atoms with Gasteiger partial charge in [-0.2, -0.15) is 0 Å². The molecule has 0 radical (unpaired) electrons. The van der Waals surface area contributed by atoms with E-state index in [1.165, 1.54) is 32.1 Å². The zero-order valence-corrected chi connectivity index (χ0v) is 8.03. The van der Waals surface area contributed by atoms with Gasteiger partial charge < -0.3 is 10.8 Å². The number of hydrogen-bond donors (Lipinski definition) is 2. The van der Waals surface area contributed by atoms with Gasteiger partial charge >= 0.3 is 0 Å². The van der Waals surface area contributed by atoms with E-state index in [-0.39, 0.29) is 0 Å². The molecule has 0 aromatic carbocycles. The van der Waals surface area contributed by atoms with Crippen LogP contribution >= 0.6 is 0 Å². The maximum atomic E-state index is 7.21. The zero-order chi connectivity index (χ0) is 9.23. The van der Waals surface area contributed by atoms with Crippen LogP contribution in [0.15, 0.2) is 0 Å². The monoisotopic (exact) mass is 168 g/mol. The van der Waals surface area contributed by atoms with E-state index in [1.807, 2.05) is 0 Å².